The first-order valence-corrected chi connectivity index (χ1v) is 20.9. The van der Waals surface area contributed by atoms with E-state index < -0.39 is 5.41 Å². The van der Waals surface area contributed by atoms with Crippen molar-refractivity contribution in [1.82, 2.24) is 4.98 Å². The number of para-hydroxylation sites is 2. The van der Waals surface area contributed by atoms with Crippen LogP contribution < -0.4 is 14.4 Å². The number of hydrogen-bond acceptors (Lipinski definition) is 4. The molecule has 12 rings (SSSR count). The van der Waals surface area contributed by atoms with Crippen LogP contribution in [0, 0.1) is 0 Å². The highest BCUT2D eigenvalue weighted by atomic mass is 16.6. The normalized spacial score (nSPS) is 15.8. The molecule has 61 heavy (non-hydrogen) atoms. The zero-order valence-electron chi connectivity index (χ0n) is 33.8. The molecule has 0 saturated heterocycles. The molecule has 0 radical (unpaired) electrons. The van der Waals surface area contributed by atoms with E-state index in [0.29, 0.717) is 17.2 Å². The molecule has 1 atom stereocenters. The lowest BCUT2D eigenvalue weighted by molar-refractivity contribution is 0.360. The Kier molecular flexibility index (Phi) is 7.76. The molecule has 2 aliphatic carbocycles. The summed E-state index contributed by atoms with van der Waals surface area (Å²) < 4.78 is 13.2. The van der Waals surface area contributed by atoms with Gasteiger partial charge in [0.15, 0.2) is 23.0 Å². The number of hydrogen-bond donors (Lipinski definition) is 0. The van der Waals surface area contributed by atoms with Crippen molar-refractivity contribution in [3.05, 3.63) is 240 Å². The van der Waals surface area contributed by atoms with Gasteiger partial charge in [0.05, 0.1) is 5.41 Å². The third-order valence-corrected chi connectivity index (χ3v) is 13.1. The summed E-state index contributed by atoms with van der Waals surface area (Å²) in [5.74, 6) is 3.70. The highest BCUT2D eigenvalue weighted by molar-refractivity contribution is 5.92. The number of pyridine rings is 1. The molecular formula is C57H40N2O2. The SMILES string of the molecule is CC1(C)c2ccccc2-c2ccc(N(c3ccc(-c4ccccc4)cc3)c3ccc(C4(c5ccccc5)c5ccccc5-c5c4ccc4c5Oc5ccccc5O4)cn3)cc21. The maximum atomic E-state index is 6.75. The van der Waals surface area contributed by atoms with E-state index in [-0.39, 0.29) is 5.41 Å². The molecule has 2 heterocycles. The Bertz CT molecular complexity index is 3160. The number of rotatable bonds is 6. The van der Waals surface area contributed by atoms with Crippen LogP contribution in [0.5, 0.6) is 23.0 Å². The maximum Gasteiger partial charge on any atom is 0.178 e. The van der Waals surface area contributed by atoms with Gasteiger partial charge in [0.25, 0.3) is 0 Å². The number of aromatic nitrogens is 1. The van der Waals surface area contributed by atoms with Gasteiger partial charge in [0.1, 0.15) is 5.82 Å². The van der Waals surface area contributed by atoms with Gasteiger partial charge in [-0.2, -0.15) is 0 Å². The summed E-state index contributed by atoms with van der Waals surface area (Å²) in [6, 6.07) is 71.2. The van der Waals surface area contributed by atoms with Crippen molar-refractivity contribution in [1.29, 1.82) is 0 Å². The summed E-state index contributed by atoms with van der Waals surface area (Å²) in [4.78, 5) is 7.72. The van der Waals surface area contributed by atoms with Crippen molar-refractivity contribution in [2.45, 2.75) is 24.7 Å². The van der Waals surface area contributed by atoms with E-state index in [0.717, 1.165) is 50.8 Å². The van der Waals surface area contributed by atoms with Gasteiger partial charge in [-0.1, -0.05) is 166 Å². The summed E-state index contributed by atoms with van der Waals surface area (Å²) in [5, 5.41) is 0. The minimum Gasteiger partial charge on any atom is -0.449 e. The molecule has 1 unspecified atom stereocenters. The van der Waals surface area contributed by atoms with Crippen LogP contribution >= 0.6 is 0 Å². The van der Waals surface area contributed by atoms with Crippen LogP contribution in [0.25, 0.3) is 33.4 Å². The number of fused-ring (bicyclic) bond motifs is 9. The number of anilines is 3. The first kappa shape index (κ1) is 35.3. The van der Waals surface area contributed by atoms with Crippen molar-refractivity contribution in [2.24, 2.45) is 0 Å². The minimum absolute atomic E-state index is 0.149. The van der Waals surface area contributed by atoms with Crippen LogP contribution in [0.4, 0.5) is 17.2 Å². The first-order valence-electron chi connectivity index (χ1n) is 20.9. The van der Waals surface area contributed by atoms with Gasteiger partial charge in [0.2, 0.25) is 0 Å². The molecule has 0 spiro atoms. The molecule has 4 nitrogen and oxygen atoms in total. The van der Waals surface area contributed by atoms with Gasteiger partial charge in [-0.05, 0) is 110 Å². The van der Waals surface area contributed by atoms with Gasteiger partial charge in [0, 0.05) is 28.6 Å². The van der Waals surface area contributed by atoms with E-state index in [1.165, 1.54) is 38.9 Å². The summed E-state index contributed by atoms with van der Waals surface area (Å²) in [5.41, 5.74) is 15.6. The van der Waals surface area contributed by atoms with Gasteiger partial charge in [-0.25, -0.2) is 4.98 Å². The Morgan fingerprint density at radius 1 is 0.426 bits per heavy atom. The van der Waals surface area contributed by atoms with Crippen LogP contribution in [0.1, 0.15) is 47.2 Å². The average molecular weight is 785 g/mol. The quantitative estimate of drug-likeness (QED) is 0.168. The third-order valence-electron chi connectivity index (χ3n) is 13.1. The fraction of sp³-hybridized carbons (Fsp3) is 0.0702. The van der Waals surface area contributed by atoms with Crippen molar-refractivity contribution in [3.8, 4) is 56.4 Å². The Hall–Kier alpha value is -7.69. The standard InChI is InChI=1S/C57H40N2O2/c1-56(2)46-21-11-9-19-43(46)44-31-30-42(35-49(44)56)59(41-28-25-38(26-29-41)37-15-5-3-6-16-37)53-34-27-40(36-58-53)57(39-17-7-4-8-18-39)47-22-12-10-20-45(47)54-48(57)32-33-52-55(54)61-51-24-14-13-23-50(51)60-52/h3-36H,1-2H3. The number of benzene rings is 8. The van der Waals surface area contributed by atoms with Crippen molar-refractivity contribution in [2.75, 3.05) is 4.90 Å². The Morgan fingerprint density at radius 2 is 1.05 bits per heavy atom. The van der Waals surface area contributed by atoms with E-state index in [2.05, 4.69) is 201 Å². The fourth-order valence-corrected chi connectivity index (χ4v) is 10.2. The highest BCUT2D eigenvalue weighted by Crippen LogP contribution is 2.62. The second-order valence-corrected chi connectivity index (χ2v) is 16.7. The predicted molar refractivity (Wildman–Crippen MR) is 246 cm³/mol. The van der Waals surface area contributed by atoms with E-state index in [1.54, 1.807) is 0 Å². The molecule has 0 fully saturated rings. The summed E-state index contributed by atoms with van der Waals surface area (Å²) in [7, 11) is 0. The van der Waals surface area contributed by atoms with Crippen LogP contribution in [-0.4, -0.2) is 4.98 Å². The predicted octanol–water partition coefficient (Wildman–Crippen LogP) is 14.8. The Balaban J connectivity index is 1.03. The lowest BCUT2D eigenvalue weighted by Crippen LogP contribution is -2.29. The summed E-state index contributed by atoms with van der Waals surface area (Å²) >= 11 is 0. The number of nitrogens with zero attached hydrogens (tertiary/aromatic N) is 2. The third kappa shape index (κ3) is 5.22. The molecule has 1 aromatic heterocycles. The summed E-state index contributed by atoms with van der Waals surface area (Å²) in [6.07, 6.45) is 2.08. The van der Waals surface area contributed by atoms with Crippen molar-refractivity contribution >= 4 is 17.2 Å². The topological polar surface area (TPSA) is 34.6 Å². The van der Waals surface area contributed by atoms with Gasteiger partial charge in [-0.3, -0.25) is 4.90 Å². The zero-order chi connectivity index (χ0) is 40.7. The fourth-order valence-electron chi connectivity index (χ4n) is 10.2. The van der Waals surface area contributed by atoms with Crippen molar-refractivity contribution in [3.63, 3.8) is 0 Å². The van der Waals surface area contributed by atoms with Crippen LogP contribution in [0.2, 0.25) is 0 Å². The second-order valence-electron chi connectivity index (χ2n) is 16.7. The van der Waals surface area contributed by atoms with E-state index in [9.17, 15) is 0 Å². The van der Waals surface area contributed by atoms with E-state index in [1.807, 2.05) is 24.3 Å². The smallest absolute Gasteiger partial charge is 0.178 e. The number of ether oxygens (including phenoxy) is 2. The van der Waals surface area contributed by atoms with Crippen LogP contribution in [-0.2, 0) is 10.8 Å². The molecule has 0 N–H and O–H groups in total. The molecule has 0 saturated carbocycles. The lowest BCUT2D eigenvalue weighted by Gasteiger charge is -2.34. The molecule has 0 amide bonds. The lowest BCUT2D eigenvalue weighted by atomic mass is 9.68. The van der Waals surface area contributed by atoms with Gasteiger partial charge < -0.3 is 9.47 Å². The first-order chi connectivity index (χ1) is 30.0. The molecular weight excluding hydrogens is 745 g/mol. The second kappa shape index (κ2) is 13.4. The monoisotopic (exact) mass is 784 g/mol. The average Bonchev–Trinajstić information content (AvgIpc) is 3.75. The Morgan fingerprint density at radius 3 is 1.80 bits per heavy atom. The van der Waals surface area contributed by atoms with Crippen LogP contribution in [0.15, 0.2) is 206 Å². The maximum absolute atomic E-state index is 6.75. The largest absolute Gasteiger partial charge is 0.449 e. The van der Waals surface area contributed by atoms with E-state index in [4.69, 9.17) is 14.5 Å². The molecule has 4 heteroatoms. The van der Waals surface area contributed by atoms with Crippen LogP contribution in [0.3, 0.4) is 0 Å². The zero-order valence-corrected chi connectivity index (χ0v) is 33.8. The summed E-state index contributed by atoms with van der Waals surface area (Å²) in [6.45, 7) is 4.67. The molecule has 0 bridgehead atoms. The molecule has 9 aromatic rings. The molecule has 290 valence electrons. The van der Waals surface area contributed by atoms with Crippen molar-refractivity contribution < 1.29 is 9.47 Å². The van der Waals surface area contributed by atoms with Gasteiger partial charge in [-0.15, -0.1) is 0 Å². The highest BCUT2D eigenvalue weighted by Gasteiger charge is 2.48. The molecule has 1 aliphatic heterocycles. The molecule has 3 aliphatic rings. The van der Waals surface area contributed by atoms with Gasteiger partial charge >= 0.3 is 0 Å². The minimum atomic E-state index is -0.681. The molecule has 8 aromatic carbocycles. The van der Waals surface area contributed by atoms with E-state index >= 15 is 0 Å². The Labute approximate surface area is 356 Å².